The lowest BCUT2D eigenvalue weighted by molar-refractivity contribution is 0.0871. The first-order valence-corrected chi connectivity index (χ1v) is 4.72. The van der Waals surface area contributed by atoms with E-state index in [2.05, 4.69) is 5.32 Å². The fourth-order valence-corrected chi connectivity index (χ4v) is 1.64. The molecule has 1 atom stereocenters. The Morgan fingerprint density at radius 2 is 2.17 bits per heavy atom. The monoisotopic (exact) mass is 275 g/mol. The smallest absolute Gasteiger partial charge is 0.258 e. The Balaban J connectivity index is 2.47. The molecule has 1 heterocycles. The van der Waals surface area contributed by atoms with E-state index in [0.29, 0.717) is 11.3 Å². The highest BCUT2D eigenvalue weighted by molar-refractivity contribution is 14.1. The van der Waals surface area contributed by atoms with E-state index in [1.165, 1.54) is 0 Å². The summed E-state index contributed by atoms with van der Waals surface area (Å²) in [5, 5.41) is 2.66. The summed E-state index contributed by atoms with van der Waals surface area (Å²) >= 11 is 2.01. The van der Waals surface area contributed by atoms with E-state index >= 15 is 0 Å². The van der Waals surface area contributed by atoms with Gasteiger partial charge in [-0.3, -0.25) is 4.79 Å². The third kappa shape index (κ3) is 1.26. The van der Waals surface area contributed by atoms with Crippen LogP contribution in [0.1, 0.15) is 10.4 Å². The zero-order valence-electron chi connectivity index (χ0n) is 6.08. The lowest BCUT2D eigenvalue weighted by Crippen LogP contribution is -2.38. The van der Waals surface area contributed by atoms with Crippen LogP contribution in [0.3, 0.4) is 0 Å². The van der Waals surface area contributed by atoms with Crippen molar-refractivity contribution in [2.24, 2.45) is 0 Å². The highest BCUT2D eigenvalue weighted by Crippen LogP contribution is 2.23. The molecule has 0 aromatic heterocycles. The number of hydrogen-bond donors (Lipinski definition) is 1. The number of rotatable bonds is 0. The summed E-state index contributed by atoms with van der Waals surface area (Å²) in [6, 6.07) is 7.20. The zero-order valence-corrected chi connectivity index (χ0v) is 8.24. The van der Waals surface area contributed by atoms with Crippen molar-refractivity contribution in [3.05, 3.63) is 29.8 Å². The fourth-order valence-electron chi connectivity index (χ4n) is 1.08. The van der Waals surface area contributed by atoms with Crippen LogP contribution in [0.2, 0.25) is 0 Å². The second kappa shape index (κ2) is 2.93. The van der Waals surface area contributed by atoms with Gasteiger partial charge in [-0.1, -0.05) is 12.1 Å². The number of carbonyl (C=O) groups excluding carboxylic acids is 1. The first kappa shape index (κ1) is 7.85. The van der Waals surface area contributed by atoms with Crippen molar-refractivity contribution in [2.45, 2.75) is 4.23 Å². The van der Waals surface area contributed by atoms with Crippen molar-refractivity contribution in [3.8, 4) is 5.75 Å². The van der Waals surface area contributed by atoms with Crippen molar-refractivity contribution >= 4 is 28.5 Å². The van der Waals surface area contributed by atoms with E-state index in [4.69, 9.17) is 4.74 Å². The molecule has 0 fully saturated rings. The van der Waals surface area contributed by atoms with Gasteiger partial charge >= 0.3 is 0 Å². The number of para-hydroxylation sites is 1. The highest BCUT2D eigenvalue weighted by Gasteiger charge is 2.22. The molecule has 1 aliphatic heterocycles. The molecule has 1 N–H and O–H groups in total. The summed E-state index contributed by atoms with van der Waals surface area (Å²) in [4.78, 5) is 11.3. The van der Waals surface area contributed by atoms with Gasteiger partial charge in [-0.25, -0.2) is 0 Å². The largest absolute Gasteiger partial charge is 0.461 e. The average molecular weight is 275 g/mol. The van der Waals surface area contributed by atoms with Gasteiger partial charge in [0.05, 0.1) is 5.56 Å². The van der Waals surface area contributed by atoms with Gasteiger partial charge in [0, 0.05) is 0 Å². The van der Waals surface area contributed by atoms with E-state index in [9.17, 15) is 4.79 Å². The lowest BCUT2D eigenvalue weighted by Gasteiger charge is -2.22. The third-order valence-corrected chi connectivity index (χ3v) is 2.17. The Bertz CT molecular complexity index is 327. The van der Waals surface area contributed by atoms with Crippen LogP contribution in [0.4, 0.5) is 0 Å². The lowest BCUT2D eigenvalue weighted by atomic mass is 10.2. The summed E-state index contributed by atoms with van der Waals surface area (Å²) in [5.74, 6) is 0.580. The Hall–Kier alpha value is -0.780. The minimum Gasteiger partial charge on any atom is -0.461 e. The summed E-state index contributed by atoms with van der Waals surface area (Å²) in [7, 11) is 0. The van der Waals surface area contributed by atoms with Gasteiger partial charge in [0.25, 0.3) is 5.91 Å². The molecule has 0 saturated heterocycles. The summed E-state index contributed by atoms with van der Waals surface area (Å²) < 4.78 is 5.10. The zero-order chi connectivity index (χ0) is 8.55. The van der Waals surface area contributed by atoms with Crippen LogP contribution < -0.4 is 10.1 Å². The normalized spacial score (nSPS) is 20.8. The molecule has 62 valence electrons. The minimum atomic E-state index is -0.259. The first-order valence-electron chi connectivity index (χ1n) is 3.48. The van der Waals surface area contributed by atoms with Gasteiger partial charge in [-0.2, -0.15) is 0 Å². The number of nitrogens with one attached hydrogen (secondary N) is 1. The molecular formula is C8H6INO2. The highest BCUT2D eigenvalue weighted by atomic mass is 127. The molecule has 1 unspecified atom stereocenters. The Labute approximate surface area is 83.2 Å². The number of alkyl halides is 1. The van der Waals surface area contributed by atoms with E-state index in [-0.39, 0.29) is 10.1 Å². The van der Waals surface area contributed by atoms with Gasteiger partial charge in [0.1, 0.15) is 5.75 Å². The number of halogens is 1. The summed E-state index contributed by atoms with van der Waals surface area (Å²) in [6.07, 6.45) is 0. The fraction of sp³-hybridized carbons (Fsp3) is 0.125. The van der Waals surface area contributed by atoms with Crippen molar-refractivity contribution < 1.29 is 9.53 Å². The van der Waals surface area contributed by atoms with Gasteiger partial charge in [0.2, 0.25) is 4.23 Å². The molecule has 12 heavy (non-hydrogen) atoms. The van der Waals surface area contributed by atoms with Crippen molar-refractivity contribution in [2.75, 3.05) is 0 Å². The van der Waals surface area contributed by atoms with E-state index in [1.807, 2.05) is 34.7 Å². The molecule has 1 aliphatic rings. The van der Waals surface area contributed by atoms with Gasteiger partial charge in [-0.15, -0.1) is 0 Å². The molecule has 0 radical (unpaired) electrons. The summed E-state index contributed by atoms with van der Waals surface area (Å²) in [5.41, 5.74) is 0.602. The number of amides is 1. The standard InChI is InChI=1S/C8H6INO2/c9-8-10-7(11)5-3-1-2-4-6(5)12-8/h1-4,8H,(H,10,11). The number of ether oxygens (including phenoxy) is 1. The van der Waals surface area contributed by atoms with Crippen LogP contribution in [0.25, 0.3) is 0 Å². The van der Waals surface area contributed by atoms with Crippen LogP contribution in [0.5, 0.6) is 5.75 Å². The quantitative estimate of drug-likeness (QED) is 0.443. The molecule has 0 aliphatic carbocycles. The molecule has 0 saturated carbocycles. The maximum absolute atomic E-state index is 11.3. The molecular weight excluding hydrogens is 269 g/mol. The maximum Gasteiger partial charge on any atom is 0.258 e. The SMILES string of the molecule is O=C1NC(I)Oc2ccccc21. The van der Waals surface area contributed by atoms with E-state index in [1.54, 1.807) is 12.1 Å². The van der Waals surface area contributed by atoms with Gasteiger partial charge < -0.3 is 10.1 Å². The number of benzene rings is 1. The first-order chi connectivity index (χ1) is 5.77. The van der Waals surface area contributed by atoms with Gasteiger partial charge in [0.15, 0.2) is 0 Å². The number of hydrogen-bond acceptors (Lipinski definition) is 2. The predicted molar refractivity (Wildman–Crippen MR) is 52.3 cm³/mol. The minimum absolute atomic E-state index is 0.0729. The number of fused-ring (bicyclic) bond motifs is 1. The molecule has 4 heteroatoms. The number of carbonyl (C=O) groups is 1. The van der Waals surface area contributed by atoms with E-state index in [0.717, 1.165) is 0 Å². The Morgan fingerprint density at radius 1 is 1.42 bits per heavy atom. The van der Waals surface area contributed by atoms with Crippen molar-refractivity contribution in [1.82, 2.24) is 5.32 Å². The molecule has 1 amide bonds. The van der Waals surface area contributed by atoms with E-state index < -0.39 is 0 Å². The van der Waals surface area contributed by atoms with Crippen molar-refractivity contribution in [1.29, 1.82) is 0 Å². The van der Waals surface area contributed by atoms with Crippen LogP contribution in [-0.4, -0.2) is 10.1 Å². The predicted octanol–water partition coefficient (Wildman–Crippen LogP) is 1.53. The summed E-state index contributed by atoms with van der Waals surface area (Å²) in [6.45, 7) is 0. The Morgan fingerprint density at radius 3 is 3.00 bits per heavy atom. The molecule has 0 bridgehead atoms. The Kier molecular flexibility index (Phi) is 1.92. The second-order valence-electron chi connectivity index (χ2n) is 2.40. The van der Waals surface area contributed by atoms with Crippen LogP contribution >= 0.6 is 22.6 Å². The van der Waals surface area contributed by atoms with Crippen LogP contribution in [0, 0.1) is 0 Å². The van der Waals surface area contributed by atoms with Crippen LogP contribution in [0.15, 0.2) is 24.3 Å². The van der Waals surface area contributed by atoms with Gasteiger partial charge in [-0.05, 0) is 34.7 Å². The topological polar surface area (TPSA) is 38.3 Å². The third-order valence-electron chi connectivity index (χ3n) is 1.61. The molecule has 0 spiro atoms. The molecule has 1 aromatic carbocycles. The molecule has 1 aromatic rings. The average Bonchev–Trinajstić information content (AvgIpc) is 2.04. The molecule has 3 nitrogen and oxygen atoms in total. The molecule has 2 rings (SSSR count). The second-order valence-corrected chi connectivity index (χ2v) is 3.53. The van der Waals surface area contributed by atoms with Crippen molar-refractivity contribution in [3.63, 3.8) is 0 Å². The maximum atomic E-state index is 11.3. The van der Waals surface area contributed by atoms with Crippen LogP contribution in [-0.2, 0) is 0 Å².